The number of hydrogen-bond donors (Lipinski definition) is 3. The highest BCUT2D eigenvalue weighted by atomic mass is 16.8. The van der Waals surface area contributed by atoms with Crippen LogP contribution in [-0.2, 0) is 28.5 Å². The molecule has 8 aliphatic rings. The van der Waals surface area contributed by atoms with Crippen LogP contribution in [0.5, 0.6) is 0 Å². The minimum absolute atomic E-state index is 0.0809. The molecule has 8 rings (SSSR count). The average molecular weight is 712 g/mol. The lowest BCUT2D eigenvalue weighted by Gasteiger charge is -2.50. The van der Waals surface area contributed by atoms with Gasteiger partial charge in [-0.2, -0.15) is 0 Å². The summed E-state index contributed by atoms with van der Waals surface area (Å²) in [7, 11) is 0. The Labute approximate surface area is 303 Å². The molecule has 51 heavy (non-hydrogen) atoms. The molecule has 6 saturated heterocycles. The van der Waals surface area contributed by atoms with Gasteiger partial charge in [0, 0.05) is 50.4 Å². The molecule has 0 saturated carbocycles. The van der Waals surface area contributed by atoms with E-state index < -0.39 is 47.2 Å². The van der Waals surface area contributed by atoms with Gasteiger partial charge < -0.3 is 43.8 Å². The maximum atomic E-state index is 12.5. The molecule has 6 fully saturated rings. The standard InChI is InChI=1S/C41H61NO9/c1-24-8-6-10-32-38(20-25(2)27(4)23-42-32)15-11-28(36(44)45)19-31(38)34-35-33(43)26(3)21-40(49-34,50-35)22-30-9-7-13-39(47-30)16-17-41(51-39)37(5,46)14-12-29(18-24)48-41/h19,25-27,29-31,33-35,43,46H,1,6-18,20-23H2,2-5H3,(H,44,45). The third-order valence-electron chi connectivity index (χ3n) is 14.7. The number of carbonyl (C=O) groups excluding carboxylic acids is 1. The maximum Gasteiger partial charge on any atom is 0.200 e. The van der Waals surface area contributed by atoms with E-state index in [-0.39, 0.29) is 29.5 Å². The highest BCUT2D eigenvalue weighted by Gasteiger charge is 2.66. The van der Waals surface area contributed by atoms with Crippen LogP contribution in [0.4, 0.5) is 0 Å². The van der Waals surface area contributed by atoms with Crippen molar-refractivity contribution in [2.24, 2.45) is 29.1 Å². The van der Waals surface area contributed by atoms with Crippen molar-refractivity contribution >= 4 is 11.7 Å². The van der Waals surface area contributed by atoms with Gasteiger partial charge in [-0.05, 0) is 88.5 Å². The first kappa shape index (κ1) is 36.3. The third kappa shape index (κ3) is 6.21. The number of carboxylic acid groups (broad SMARTS) is 1. The smallest absolute Gasteiger partial charge is 0.200 e. The first-order valence-electron chi connectivity index (χ1n) is 20.2. The van der Waals surface area contributed by atoms with Crippen LogP contribution >= 0.6 is 0 Å². The van der Waals surface area contributed by atoms with Gasteiger partial charge in [0.05, 0.1) is 35.8 Å². The zero-order chi connectivity index (χ0) is 36.0. The van der Waals surface area contributed by atoms with Gasteiger partial charge in [-0.15, -0.1) is 0 Å². The number of ether oxygens (including phenoxy) is 5. The number of carbonyl (C=O) groups is 1. The zero-order valence-corrected chi connectivity index (χ0v) is 31.3. The Morgan fingerprint density at radius 3 is 2.47 bits per heavy atom. The zero-order valence-electron chi connectivity index (χ0n) is 31.3. The monoisotopic (exact) mass is 711 g/mol. The van der Waals surface area contributed by atoms with E-state index in [2.05, 4.69) is 32.3 Å². The van der Waals surface area contributed by atoms with Gasteiger partial charge in [-0.1, -0.05) is 39.0 Å². The Kier molecular flexibility index (Phi) is 9.25. The Bertz CT molecular complexity index is 1460. The van der Waals surface area contributed by atoms with Crippen molar-refractivity contribution in [2.45, 2.75) is 184 Å². The van der Waals surface area contributed by atoms with Gasteiger partial charge >= 0.3 is 0 Å². The minimum Gasteiger partial charge on any atom is -0.545 e. The summed E-state index contributed by atoms with van der Waals surface area (Å²) >= 11 is 0. The van der Waals surface area contributed by atoms with E-state index in [0.29, 0.717) is 68.8 Å². The van der Waals surface area contributed by atoms with Crippen molar-refractivity contribution in [2.75, 3.05) is 6.54 Å². The van der Waals surface area contributed by atoms with Gasteiger partial charge in [0.1, 0.15) is 18.2 Å². The average Bonchev–Trinajstić information content (AvgIpc) is 3.55. The predicted octanol–water partition coefficient (Wildman–Crippen LogP) is 3.36. The van der Waals surface area contributed by atoms with E-state index in [9.17, 15) is 20.1 Å². The van der Waals surface area contributed by atoms with Crippen LogP contribution in [0.3, 0.4) is 0 Å². The number of aliphatic carboxylic acids is 1. The van der Waals surface area contributed by atoms with Crippen LogP contribution in [0.1, 0.15) is 130 Å². The summed E-state index contributed by atoms with van der Waals surface area (Å²) in [6.45, 7) is 13.9. The lowest BCUT2D eigenvalue weighted by Crippen LogP contribution is -2.77. The minimum atomic E-state index is -1.15. The molecule has 14 atom stereocenters. The van der Waals surface area contributed by atoms with Crippen LogP contribution in [0.25, 0.3) is 0 Å². The molecule has 14 unspecified atom stereocenters. The normalized spacial score (nSPS) is 51.8. The van der Waals surface area contributed by atoms with E-state index in [4.69, 9.17) is 23.7 Å². The number of rotatable bonds is 1. The Balaban J connectivity index is 1.20. The summed E-state index contributed by atoms with van der Waals surface area (Å²) in [5.74, 6) is -3.71. The second-order valence-corrected chi connectivity index (χ2v) is 18.4. The molecule has 0 radical (unpaired) electrons. The molecule has 7 heterocycles. The largest absolute Gasteiger partial charge is 0.545 e. The summed E-state index contributed by atoms with van der Waals surface area (Å²) in [5.41, 5.74) is 1.17. The van der Waals surface area contributed by atoms with Crippen LogP contribution in [0.2, 0.25) is 0 Å². The molecule has 4 spiro atoms. The van der Waals surface area contributed by atoms with Crippen LogP contribution in [-0.4, -0.2) is 81.9 Å². The predicted molar refractivity (Wildman–Crippen MR) is 186 cm³/mol. The first-order chi connectivity index (χ1) is 24.2. The Hall–Kier alpha value is -1.66. The molecule has 10 nitrogen and oxygen atoms in total. The number of aliphatic hydroxyl groups is 2. The number of aliphatic hydroxyl groups excluding tert-OH is 1. The molecule has 0 aromatic heterocycles. The summed E-state index contributed by atoms with van der Waals surface area (Å²) in [5, 5.41) is 36.0. The molecule has 1 aliphatic carbocycles. The van der Waals surface area contributed by atoms with Crippen molar-refractivity contribution in [3.8, 4) is 0 Å². The van der Waals surface area contributed by atoms with Gasteiger partial charge in [-0.25, -0.2) is 4.99 Å². The van der Waals surface area contributed by atoms with E-state index in [0.717, 1.165) is 63.5 Å². The highest BCUT2D eigenvalue weighted by molar-refractivity contribution is 5.89. The lowest BCUT2D eigenvalue weighted by molar-refractivity contribution is -0.470. The van der Waals surface area contributed by atoms with Crippen molar-refractivity contribution in [3.63, 3.8) is 0 Å². The summed E-state index contributed by atoms with van der Waals surface area (Å²) in [6.07, 6.45) is 10.9. The molecular weight excluding hydrogens is 650 g/mol. The van der Waals surface area contributed by atoms with Crippen molar-refractivity contribution in [1.82, 2.24) is 0 Å². The molecule has 284 valence electrons. The molecule has 7 bridgehead atoms. The molecular formula is C41H61NO9. The topological polar surface area (TPSA) is 141 Å². The number of hydrogen-bond acceptors (Lipinski definition) is 9. The van der Waals surface area contributed by atoms with Gasteiger partial charge in [0.25, 0.3) is 0 Å². The summed E-state index contributed by atoms with van der Waals surface area (Å²) in [6, 6.07) is 0. The summed E-state index contributed by atoms with van der Waals surface area (Å²) in [4.78, 5) is 16.4. The third-order valence-corrected chi connectivity index (χ3v) is 14.7. The lowest BCUT2D eigenvalue weighted by atomic mass is 9.57. The summed E-state index contributed by atoms with van der Waals surface area (Å²) < 4.78 is 34.8. The van der Waals surface area contributed by atoms with Crippen LogP contribution in [0.15, 0.2) is 23.8 Å². The SMILES string of the molecule is C=C1CCCC2=[NH+]CC(C)C(C)CC23CCC(C(=O)[O-])=CC3C2OC3(CC4CCCC5(CCC6(OC(CCC6(C)O)C1)O5)O4)CC(C)C(O)C2O3. The number of nitrogens with one attached hydrogen (secondary N) is 1. The van der Waals surface area contributed by atoms with Crippen molar-refractivity contribution in [3.05, 3.63) is 23.8 Å². The van der Waals surface area contributed by atoms with E-state index in [1.54, 1.807) is 0 Å². The fourth-order valence-electron chi connectivity index (χ4n) is 11.6. The Morgan fingerprint density at radius 2 is 1.67 bits per heavy atom. The molecule has 0 amide bonds. The second kappa shape index (κ2) is 13.0. The van der Waals surface area contributed by atoms with E-state index in [1.807, 2.05) is 13.0 Å². The fraction of sp³-hybridized carbons (Fsp3) is 0.854. The van der Waals surface area contributed by atoms with Crippen molar-refractivity contribution in [1.29, 1.82) is 0 Å². The van der Waals surface area contributed by atoms with Crippen LogP contribution in [0, 0.1) is 29.1 Å². The fourth-order valence-corrected chi connectivity index (χ4v) is 11.6. The highest BCUT2D eigenvalue weighted by Crippen LogP contribution is 2.58. The molecule has 7 aliphatic heterocycles. The number of carboxylic acids is 1. The van der Waals surface area contributed by atoms with Crippen LogP contribution < -0.4 is 10.1 Å². The molecule has 10 heteroatoms. The number of fused-ring (bicyclic) bond motifs is 6. The van der Waals surface area contributed by atoms with Gasteiger partial charge in [0.15, 0.2) is 17.3 Å². The Morgan fingerprint density at radius 1 is 0.863 bits per heavy atom. The van der Waals surface area contributed by atoms with Gasteiger partial charge in [-0.3, -0.25) is 0 Å². The molecule has 0 aromatic carbocycles. The van der Waals surface area contributed by atoms with Crippen molar-refractivity contribution < 1.29 is 48.8 Å². The second-order valence-electron chi connectivity index (χ2n) is 18.4. The molecule has 3 N–H and O–H groups in total. The quantitative estimate of drug-likeness (QED) is 0.350. The van der Waals surface area contributed by atoms with Gasteiger partial charge in [0.2, 0.25) is 5.79 Å². The maximum absolute atomic E-state index is 12.5. The molecule has 0 aromatic rings. The first-order valence-corrected chi connectivity index (χ1v) is 20.2. The van der Waals surface area contributed by atoms with E-state index >= 15 is 0 Å². The van der Waals surface area contributed by atoms with E-state index in [1.165, 1.54) is 5.71 Å².